The highest BCUT2D eigenvalue weighted by Crippen LogP contribution is 2.42. The van der Waals surface area contributed by atoms with Crippen LogP contribution in [0.5, 0.6) is 0 Å². The molecule has 3 heterocycles. The van der Waals surface area contributed by atoms with Crippen molar-refractivity contribution in [3.05, 3.63) is 69.8 Å². The maximum absolute atomic E-state index is 13.5. The number of carbonyl (C=O) groups is 2. The molecule has 0 spiro atoms. The first-order valence-corrected chi connectivity index (χ1v) is 11.3. The molecule has 3 aromatic rings. The number of aromatic amines is 1. The van der Waals surface area contributed by atoms with Gasteiger partial charge in [-0.25, -0.2) is 0 Å². The van der Waals surface area contributed by atoms with Crippen molar-refractivity contribution < 1.29 is 14.3 Å². The van der Waals surface area contributed by atoms with Crippen LogP contribution in [-0.4, -0.2) is 59.4 Å². The summed E-state index contributed by atoms with van der Waals surface area (Å²) in [6.45, 7) is 1.22. The first kappa shape index (κ1) is 20.3. The van der Waals surface area contributed by atoms with E-state index in [1.807, 2.05) is 42.5 Å². The SMILES string of the molecule is COCCCN1CC(=O)N2[C@@H](c3ccc(Br)cc3)c3[nH]c4ccccc4c3C[C@H]2C1=O. The summed E-state index contributed by atoms with van der Waals surface area (Å²) in [7, 11) is 1.65. The Morgan fingerprint density at radius 3 is 2.68 bits per heavy atom. The number of methoxy groups -OCH3 is 1. The van der Waals surface area contributed by atoms with Crippen LogP contribution >= 0.6 is 15.9 Å². The Morgan fingerprint density at radius 1 is 1.13 bits per heavy atom. The molecular formula is C24H24BrN3O3. The number of hydrogen-bond acceptors (Lipinski definition) is 3. The van der Waals surface area contributed by atoms with Crippen molar-refractivity contribution in [1.29, 1.82) is 0 Å². The lowest BCUT2D eigenvalue weighted by molar-refractivity contribution is -0.158. The Kier molecular flexibility index (Phi) is 5.32. The van der Waals surface area contributed by atoms with E-state index >= 15 is 0 Å². The summed E-state index contributed by atoms with van der Waals surface area (Å²) in [5.74, 6) is 0.00740. The summed E-state index contributed by atoms with van der Waals surface area (Å²) in [4.78, 5) is 33.9. The van der Waals surface area contributed by atoms with Crippen molar-refractivity contribution in [2.75, 3.05) is 26.8 Å². The molecule has 5 rings (SSSR count). The summed E-state index contributed by atoms with van der Waals surface area (Å²) in [6.07, 6.45) is 1.24. The number of nitrogens with zero attached hydrogens (tertiary/aromatic N) is 2. The monoisotopic (exact) mass is 481 g/mol. The Morgan fingerprint density at radius 2 is 1.90 bits per heavy atom. The normalized spacial score (nSPS) is 20.8. The molecule has 1 fully saturated rings. The Hall–Kier alpha value is -2.64. The van der Waals surface area contributed by atoms with Crippen LogP contribution in [-0.2, 0) is 20.7 Å². The number of rotatable bonds is 5. The third-order valence-electron chi connectivity index (χ3n) is 6.30. The van der Waals surface area contributed by atoms with Crippen molar-refractivity contribution in [3.63, 3.8) is 0 Å². The second-order valence-corrected chi connectivity index (χ2v) is 9.06. The smallest absolute Gasteiger partial charge is 0.246 e. The van der Waals surface area contributed by atoms with Crippen LogP contribution < -0.4 is 0 Å². The van der Waals surface area contributed by atoms with E-state index in [0.29, 0.717) is 19.6 Å². The highest BCUT2D eigenvalue weighted by molar-refractivity contribution is 9.10. The van der Waals surface area contributed by atoms with E-state index in [1.165, 1.54) is 0 Å². The molecule has 160 valence electrons. The molecule has 2 atom stereocenters. The third-order valence-corrected chi connectivity index (χ3v) is 6.83. The molecule has 1 aromatic heterocycles. The summed E-state index contributed by atoms with van der Waals surface area (Å²) >= 11 is 3.50. The summed E-state index contributed by atoms with van der Waals surface area (Å²) in [6, 6.07) is 15.3. The molecule has 31 heavy (non-hydrogen) atoms. The Labute approximate surface area is 189 Å². The van der Waals surface area contributed by atoms with Gasteiger partial charge in [-0.2, -0.15) is 0 Å². The van der Waals surface area contributed by atoms with Crippen molar-refractivity contribution in [1.82, 2.24) is 14.8 Å². The number of benzene rings is 2. The fourth-order valence-electron chi connectivity index (χ4n) is 4.90. The average Bonchev–Trinajstić information content (AvgIpc) is 3.15. The van der Waals surface area contributed by atoms with Gasteiger partial charge >= 0.3 is 0 Å². The first-order valence-electron chi connectivity index (χ1n) is 10.5. The molecule has 1 saturated heterocycles. The number of piperazine rings is 1. The van der Waals surface area contributed by atoms with Gasteiger partial charge in [-0.3, -0.25) is 9.59 Å². The van der Waals surface area contributed by atoms with Gasteiger partial charge in [0.2, 0.25) is 11.8 Å². The quantitative estimate of drug-likeness (QED) is 0.565. The van der Waals surface area contributed by atoms with E-state index in [4.69, 9.17) is 4.74 Å². The van der Waals surface area contributed by atoms with Gasteiger partial charge in [-0.1, -0.05) is 46.3 Å². The molecule has 0 unspecified atom stereocenters. The van der Waals surface area contributed by atoms with Gasteiger partial charge in [-0.15, -0.1) is 0 Å². The van der Waals surface area contributed by atoms with Crippen LogP contribution in [0.25, 0.3) is 10.9 Å². The molecule has 6 nitrogen and oxygen atoms in total. The van der Waals surface area contributed by atoms with Gasteiger partial charge in [0.1, 0.15) is 6.04 Å². The van der Waals surface area contributed by atoms with Crippen LogP contribution in [0.2, 0.25) is 0 Å². The number of halogens is 1. The molecule has 0 bridgehead atoms. The molecule has 1 N–H and O–H groups in total. The number of aromatic nitrogens is 1. The number of hydrogen-bond donors (Lipinski definition) is 1. The molecule has 0 aliphatic carbocycles. The van der Waals surface area contributed by atoms with Crippen LogP contribution in [0.4, 0.5) is 0 Å². The minimum absolute atomic E-state index is 0.0146. The molecular weight excluding hydrogens is 458 g/mol. The average molecular weight is 482 g/mol. The Balaban J connectivity index is 1.61. The van der Waals surface area contributed by atoms with Crippen molar-refractivity contribution in [2.45, 2.75) is 24.9 Å². The standard InChI is InChI=1S/C24H24BrN3O3/c1-31-12-4-11-27-14-21(29)28-20(24(27)30)13-18-17-5-2-3-6-19(17)26-22(18)23(28)15-7-9-16(25)10-8-15/h2-3,5-10,20,23,26H,4,11-14H2,1H3/t20-,23-/m0/s1. The van der Waals surface area contributed by atoms with Gasteiger partial charge in [0.25, 0.3) is 0 Å². The summed E-state index contributed by atoms with van der Waals surface area (Å²) in [5.41, 5.74) is 4.17. The maximum atomic E-state index is 13.5. The highest BCUT2D eigenvalue weighted by Gasteiger charge is 2.47. The summed E-state index contributed by atoms with van der Waals surface area (Å²) < 4.78 is 6.11. The van der Waals surface area contributed by atoms with E-state index in [1.54, 1.807) is 16.9 Å². The van der Waals surface area contributed by atoms with E-state index < -0.39 is 6.04 Å². The van der Waals surface area contributed by atoms with Gasteiger partial charge < -0.3 is 19.5 Å². The highest BCUT2D eigenvalue weighted by atomic mass is 79.9. The Bertz CT molecular complexity index is 1140. The molecule has 0 radical (unpaired) electrons. The van der Waals surface area contributed by atoms with E-state index in [-0.39, 0.29) is 24.4 Å². The lowest BCUT2D eigenvalue weighted by Crippen LogP contribution is -2.63. The van der Waals surface area contributed by atoms with Crippen LogP contribution in [0.1, 0.15) is 29.3 Å². The summed E-state index contributed by atoms with van der Waals surface area (Å²) in [5, 5.41) is 1.12. The van der Waals surface area contributed by atoms with Crippen LogP contribution in [0, 0.1) is 0 Å². The van der Waals surface area contributed by atoms with E-state index in [9.17, 15) is 9.59 Å². The number of amides is 2. The van der Waals surface area contributed by atoms with Crippen LogP contribution in [0.15, 0.2) is 53.0 Å². The predicted octanol–water partition coefficient (Wildman–Crippen LogP) is 3.65. The predicted molar refractivity (Wildman–Crippen MR) is 122 cm³/mol. The number of H-pyrrole nitrogens is 1. The third kappa shape index (κ3) is 3.46. The van der Waals surface area contributed by atoms with Gasteiger partial charge in [0, 0.05) is 47.8 Å². The second kappa shape index (κ2) is 8.13. The van der Waals surface area contributed by atoms with Gasteiger partial charge in [-0.05, 0) is 35.7 Å². The van der Waals surface area contributed by atoms with Crippen molar-refractivity contribution in [3.8, 4) is 0 Å². The zero-order valence-corrected chi connectivity index (χ0v) is 18.9. The van der Waals surface area contributed by atoms with E-state index in [2.05, 4.69) is 27.0 Å². The lowest BCUT2D eigenvalue weighted by Gasteiger charge is -2.47. The number of para-hydroxylation sites is 1. The largest absolute Gasteiger partial charge is 0.385 e. The van der Waals surface area contributed by atoms with Gasteiger partial charge in [0.05, 0.1) is 12.6 Å². The molecule has 2 amide bonds. The van der Waals surface area contributed by atoms with E-state index in [0.717, 1.165) is 38.6 Å². The lowest BCUT2D eigenvalue weighted by atomic mass is 9.86. The number of ether oxygens (including phenoxy) is 1. The molecule has 2 aliphatic heterocycles. The minimum atomic E-state index is -0.496. The first-order chi connectivity index (χ1) is 15.1. The number of fused-ring (bicyclic) bond motifs is 4. The second-order valence-electron chi connectivity index (χ2n) is 8.14. The van der Waals surface area contributed by atoms with Crippen molar-refractivity contribution >= 4 is 38.6 Å². The van der Waals surface area contributed by atoms with Crippen molar-refractivity contribution in [2.24, 2.45) is 0 Å². The number of nitrogens with one attached hydrogen (secondary N) is 1. The maximum Gasteiger partial charge on any atom is 0.246 e. The molecule has 2 aliphatic rings. The number of carbonyl (C=O) groups excluding carboxylic acids is 2. The zero-order valence-electron chi connectivity index (χ0n) is 17.3. The molecule has 7 heteroatoms. The van der Waals surface area contributed by atoms with Gasteiger partial charge in [0.15, 0.2) is 0 Å². The topological polar surface area (TPSA) is 65.6 Å². The van der Waals surface area contributed by atoms with Crippen LogP contribution in [0.3, 0.4) is 0 Å². The fourth-order valence-corrected chi connectivity index (χ4v) is 5.17. The molecule has 0 saturated carbocycles. The zero-order chi connectivity index (χ0) is 21.5. The fraction of sp³-hybridized carbons (Fsp3) is 0.333. The minimum Gasteiger partial charge on any atom is -0.385 e. The molecule has 2 aromatic carbocycles.